The fourth-order valence-corrected chi connectivity index (χ4v) is 3.64. The van der Waals surface area contributed by atoms with Crippen LogP contribution < -0.4 is 0 Å². The molecule has 0 aliphatic carbocycles. The van der Waals surface area contributed by atoms with Crippen molar-refractivity contribution in [2.24, 2.45) is 5.18 Å². The van der Waals surface area contributed by atoms with Gasteiger partial charge in [0.1, 0.15) is 12.2 Å². The number of amides is 2. The molecule has 6 N–H and O–H groups in total. The number of aliphatic hydroxyl groups excluding tert-OH is 3. The number of hydrogen-bond donors (Lipinski definition) is 6. The average Bonchev–Trinajstić information content (AvgIpc) is 3.28. The van der Waals surface area contributed by atoms with Gasteiger partial charge in [-0.15, -0.1) is 0 Å². The van der Waals surface area contributed by atoms with Crippen molar-refractivity contribution in [1.82, 2.24) is 14.8 Å². The number of aliphatic hydroxyl groups is 3. The lowest BCUT2D eigenvalue weighted by Gasteiger charge is -2.23. The molecule has 1 aromatic rings. The zero-order valence-electron chi connectivity index (χ0n) is 24.4. The van der Waals surface area contributed by atoms with Crippen LogP contribution >= 0.6 is 28.4 Å². The summed E-state index contributed by atoms with van der Waals surface area (Å²) >= 11 is 0. The summed E-state index contributed by atoms with van der Waals surface area (Å²) in [5, 5.41) is 31.5. The van der Waals surface area contributed by atoms with Crippen molar-refractivity contribution in [3.63, 3.8) is 0 Å². The van der Waals surface area contributed by atoms with Gasteiger partial charge in [-0.2, -0.15) is 4.91 Å². The lowest BCUT2D eigenvalue weighted by molar-refractivity contribution is -0.132. The number of aryl methyl sites for hydroxylation is 1. The molecule has 1 aliphatic rings. The van der Waals surface area contributed by atoms with Gasteiger partial charge in [-0.1, -0.05) is 23.4 Å². The molecule has 7 unspecified atom stereocenters. The Kier molecular flexibility index (Phi) is 29.3. The summed E-state index contributed by atoms with van der Waals surface area (Å²) in [6.45, 7) is 5.82. The molecule has 2 rings (SSSR count). The summed E-state index contributed by atoms with van der Waals surface area (Å²) in [5.41, 5.74) is 3.61. The second kappa shape index (κ2) is 27.7. The van der Waals surface area contributed by atoms with Gasteiger partial charge in [-0.25, -0.2) is 0 Å². The highest BCUT2D eigenvalue weighted by Gasteiger charge is 2.44. The number of aromatic nitrogens is 1. The van der Waals surface area contributed by atoms with E-state index >= 15 is 0 Å². The number of carbonyl (C=O) groups is 2. The van der Waals surface area contributed by atoms with Crippen molar-refractivity contribution in [2.45, 2.75) is 58.3 Å². The third-order valence-electron chi connectivity index (χ3n) is 5.33. The van der Waals surface area contributed by atoms with Gasteiger partial charge in [-0.05, 0) is 78.9 Å². The lowest BCUT2D eigenvalue weighted by Crippen LogP contribution is -2.41. The van der Waals surface area contributed by atoms with Gasteiger partial charge in [0.25, 0.3) is 0 Å². The molecule has 0 radical (unpaired) electrons. The van der Waals surface area contributed by atoms with E-state index in [9.17, 15) is 19.8 Å². The minimum atomic E-state index is -1.36. The standard InChI is InChI=1S/C24H33N3O6.CH3NO.3H3OP/c1-5-7-17(6-2)18-12-16(3)25-19(13-18)14-26(4)21(30)8-10-27(15-29)24-23(32)22(31)20(33-24)9-11-28;1-2-3;3*1-2/h5-8,10,12-13,15,20,22-24,28,31-32H,9,11,14H2,1-4H3;1H3;3*1H,2H2/b7-5-,10-8-,17-6+;;;;. The fourth-order valence-electron chi connectivity index (χ4n) is 3.64. The van der Waals surface area contributed by atoms with Crippen LogP contribution in [-0.2, 0) is 20.9 Å². The molecule has 17 heteroatoms. The number of pyridine rings is 1. The Bertz CT molecular complexity index is 986. The molecule has 1 aliphatic heterocycles. The van der Waals surface area contributed by atoms with E-state index in [1.165, 1.54) is 52.6 Å². The van der Waals surface area contributed by atoms with Crippen LogP contribution in [0.5, 0.6) is 0 Å². The average molecular weight is 655 g/mol. The Morgan fingerprint density at radius 2 is 1.67 bits per heavy atom. The monoisotopic (exact) mass is 654 g/mol. The van der Waals surface area contributed by atoms with E-state index in [-0.39, 0.29) is 25.5 Å². The number of allylic oxidation sites excluding steroid dienone is 4. The first-order valence-electron chi connectivity index (χ1n) is 12.2. The maximum atomic E-state index is 12.6. The number of nitrogens with zero attached hydrogens (tertiary/aromatic N) is 4. The van der Waals surface area contributed by atoms with E-state index in [2.05, 4.69) is 10.2 Å². The highest BCUT2D eigenvalue weighted by atomic mass is 31.0. The van der Waals surface area contributed by atoms with Crippen LogP contribution in [0.15, 0.2) is 47.8 Å². The molecule has 42 heavy (non-hydrogen) atoms. The van der Waals surface area contributed by atoms with E-state index in [0.717, 1.165) is 27.4 Å². The van der Waals surface area contributed by atoms with E-state index in [1.807, 2.05) is 51.1 Å². The number of likely N-dealkylation sites (N-methyl/N-ethyl adjacent to an activating group) is 1. The van der Waals surface area contributed by atoms with Crippen molar-refractivity contribution in [2.75, 3.05) is 20.7 Å². The third-order valence-corrected chi connectivity index (χ3v) is 5.33. The zero-order chi connectivity index (χ0) is 33.3. The summed E-state index contributed by atoms with van der Waals surface area (Å²) < 4.78 is 5.48. The second-order valence-corrected chi connectivity index (χ2v) is 8.04. The molecule has 240 valence electrons. The summed E-state index contributed by atoms with van der Waals surface area (Å²) in [5.74, 6) is -0.383. The highest BCUT2D eigenvalue weighted by molar-refractivity contribution is 7.08. The summed E-state index contributed by atoms with van der Waals surface area (Å²) in [4.78, 5) is 60.4. The Morgan fingerprint density at radius 3 is 2.14 bits per heavy atom. The Morgan fingerprint density at radius 1 is 1.10 bits per heavy atom. The SMILES string of the molecule is C/C=C\C(=C/C)c1cc(C)nc(CN(C)C(=O)/C=C\N(C=O)C2OC(CCO)C(O)C2O)c1.CN=O.OP.OP.OP. The second-order valence-electron chi connectivity index (χ2n) is 8.04. The molecule has 0 spiro atoms. The van der Waals surface area contributed by atoms with Gasteiger partial charge in [0.2, 0.25) is 12.3 Å². The summed E-state index contributed by atoms with van der Waals surface area (Å²) in [6, 6.07) is 3.91. The van der Waals surface area contributed by atoms with Crippen molar-refractivity contribution >= 4 is 46.3 Å². The number of hydrogen-bond acceptors (Lipinski definition) is 12. The van der Waals surface area contributed by atoms with Crippen LogP contribution in [0.3, 0.4) is 0 Å². The largest absolute Gasteiger partial charge is 0.396 e. The van der Waals surface area contributed by atoms with Gasteiger partial charge in [-0.3, -0.25) is 19.5 Å². The molecular formula is C25H45N4O10P3. The van der Waals surface area contributed by atoms with E-state index < -0.39 is 24.5 Å². The minimum Gasteiger partial charge on any atom is -0.396 e. The smallest absolute Gasteiger partial charge is 0.248 e. The van der Waals surface area contributed by atoms with Gasteiger partial charge in [0.15, 0.2) is 6.23 Å². The van der Waals surface area contributed by atoms with Crippen molar-refractivity contribution in [3.05, 3.63) is 64.5 Å². The van der Waals surface area contributed by atoms with Crippen LogP contribution in [-0.4, -0.2) is 102 Å². The molecule has 14 nitrogen and oxygen atoms in total. The molecule has 2 amide bonds. The third kappa shape index (κ3) is 16.0. The molecule has 1 fully saturated rings. The maximum absolute atomic E-state index is 12.6. The normalized spacial score (nSPS) is 19.1. The molecule has 7 atom stereocenters. The molecule has 1 aromatic heterocycles. The van der Waals surface area contributed by atoms with Crippen LogP contribution in [0.25, 0.3) is 5.57 Å². The molecule has 0 saturated carbocycles. The van der Waals surface area contributed by atoms with Gasteiger partial charge < -0.3 is 39.6 Å². The molecule has 2 heterocycles. The van der Waals surface area contributed by atoms with Crippen molar-refractivity contribution in [3.8, 4) is 0 Å². The Labute approximate surface area is 254 Å². The van der Waals surface area contributed by atoms with Crippen LogP contribution in [0.2, 0.25) is 0 Å². The first-order chi connectivity index (χ1) is 20.2. The van der Waals surface area contributed by atoms with E-state index in [4.69, 9.17) is 29.4 Å². The van der Waals surface area contributed by atoms with Crippen LogP contribution in [0.4, 0.5) is 0 Å². The molecule has 0 bridgehead atoms. The lowest BCUT2D eigenvalue weighted by atomic mass is 10.0. The summed E-state index contributed by atoms with van der Waals surface area (Å²) in [7, 11) is 7.06. The van der Waals surface area contributed by atoms with Crippen molar-refractivity contribution in [1.29, 1.82) is 0 Å². The molecular weight excluding hydrogens is 609 g/mol. The van der Waals surface area contributed by atoms with Gasteiger partial charge in [0.05, 0.1) is 25.4 Å². The Hall–Kier alpha value is -2.08. The minimum absolute atomic E-state index is 0.112. The number of ether oxygens (including phenoxy) is 1. The summed E-state index contributed by atoms with van der Waals surface area (Å²) in [6.07, 6.45) is 4.29. The number of nitroso groups, excluding NO2 is 1. The highest BCUT2D eigenvalue weighted by Crippen LogP contribution is 2.25. The van der Waals surface area contributed by atoms with Crippen LogP contribution in [0.1, 0.15) is 37.2 Å². The zero-order valence-corrected chi connectivity index (χ0v) is 27.9. The van der Waals surface area contributed by atoms with Gasteiger partial charge in [0, 0.05) is 31.6 Å². The quantitative estimate of drug-likeness (QED) is 0.0683. The maximum Gasteiger partial charge on any atom is 0.248 e. The Balaban J connectivity index is -0.00000152. The molecule has 1 saturated heterocycles. The fraction of sp³-hybridized carbons (Fsp3) is 0.480. The van der Waals surface area contributed by atoms with Crippen LogP contribution in [0, 0.1) is 11.8 Å². The predicted octanol–water partition coefficient (Wildman–Crippen LogP) is 0.818. The van der Waals surface area contributed by atoms with Gasteiger partial charge >= 0.3 is 0 Å². The molecule has 0 aromatic carbocycles. The van der Waals surface area contributed by atoms with E-state index in [0.29, 0.717) is 6.41 Å². The number of rotatable bonds is 10. The first-order valence-corrected chi connectivity index (χ1v) is 13.8. The topological polar surface area (TPSA) is 214 Å². The predicted molar refractivity (Wildman–Crippen MR) is 171 cm³/mol. The number of carbonyl (C=O) groups excluding carboxylic acids is 2. The van der Waals surface area contributed by atoms with Crippen molar-refractivity contribution < 1.29 is 44.3 Å². The first kappa shape index (κ1) is 44.4. The van der Waals surface area contributed by atoms with E-state index in [1.54, 1.807) is 7.05 Å².